The maximum Gasteiger partial charge on any atom is 0.276 e. The number of hydrogen-bond acceptors (Lipinski definition) is 5. The van der Waals surface area contributed by atoms with E-state index in [1.165, 1.54) is 0 Å². The van der Waals surface area contributed by atoms with Crippen molar-refractivity contribution < 1.29 is 19.1 Å². The molecular weight excluding hydrogens is 541 g/mol. The van der Waals surface area contributed by atoms with Crippen LogP contribution < -0.4 is 25.6 Å². The van der Waals surface area contributed by atoms with Crippen LogP contribution in [-0.4, -0.2) is 30.6 Å². The number of para-hydroxylation sites is 1. The molecule has 0 saturated carbocycles. The molecule has 0 aliphatic rings. The van der Waals surface area contributed by atoms with Crippen LogP contribution in [0.4, 0.5) is 0 Å². The van der Waals surface area contributed by atoms with E-state index >= 15 is 0 Å². The Balaban J connectivity index is 1.49. The first-order valence-corrected chi connectivity index (χ1v) is 11.0. The fourth-order valence-electron chi connectivity index (χ4n) is 2.77. The number of rotatable bonds is 6. The van der Waals surface area contributed by atoms with Crippen LogP contribution in [0.15, 0.2) is 72.8 Å². The Morgan fingerprint density at radius 3 is 2.38 bits per heavy atom. The predicted molar refractivity (Wildman–Crippen MR) is 134 cm³/mol. The molecule has 32 heavy (non-hydrogen) atoms. The molecule has 9 heteroatoms. The van der Waals surface area contributed by atoms with Crippen molar-refractivity contribution in [3.8, 4) is 22.6 Å². The van der Waals surface area contributed by atoms with Gasteiger partial charge in [0.15, 0.2) is 11.7 Å². The fraction of sp³-hybridized carbons (Fsp3) is 0.0870. The minimum Gasteiger partial charge on any atom is -0.496 e. The van der Waals surface area contributed by atoms with Crippen molar-refractivity contribution in [1.29, 1.82) is 0 Å². The first-order chi connectivity index (χ1) is 15.5. The Hall–Kier alpha value is -3.18. The highest BCUT2D eigenvalue weighted by Crippen LogP contribution is 2.29. The monoisotopic (exact) mass is 561 g/mol. The molecule has 0 atom stereocenters. The molecule has 3 rings (SSSR count). The number of nitrogens with one attached hydrogen (secondary N) is 3. The van der Waals surface area contributed by atoms with E-state index in [-0.39, 0.29) is 11.7 Å². The summed E-state index contributed by atoms with van der Waals surface area (Å²) in [5.74, 6) is 0.386. The highest BCUT2D eigenvalue weighted by molar-refractivity contribution is 14.1. The number of ether oxygens (including phenoxy) is 2. The van der Waals surface area contributed by atoms with Gasteiger partial charge in [-0.05, 0) is 64.6 Å². The van der Waals surface area contributed by atoms with Crippen LogP contribution in [0.5, 0.6) is 11.5 Å². The topological polar surface area (TPSA) is 88.7 Å². The van der Waals surface area contributed by atoms with Gasteiger partial charge in [-0.15, -0.1) is 0 Å². The zero-order chi connectivity index (χ0) is 22.9. The molecular formula is C23H20IN3O4S. The molecule has 0 aromatic heterocycles. The SMILES string of the molecule is COc1ccc(C(=O)NC(=S)NNC(=O)COc2ccccc2-c2ccccc2)cc1I. The lowest BCUT2D eigenvalue weighted by atomic mass is 10.1. The number of amides is 2. The average molecular weight is 561 g/mol. The molecule has 0 saturated heterocycles. The summed E-state index contributed by atoms with van der Waals surface area (Å²) in [5, 5.41) is 2.46. The van der Waals surface area contributed by atoms with Crippen molar-refractivity contribution in [2.75, 3.05) is 13.7 Å². The number of hydrazine groups is 1. The van der Waals surface area contributed by atoms with Crippen molar-refractivity contribution in [3.05, 3.63) is 81.9 Å². The Morgan fingerprint density at radius 1 is 0.938 bits per heavy atom. The summed E-state index contributed by atoms with van der Waals surface area (Å²) in [5.41, 5.74) is 7.18. The van der Waals surface area contributed by atoms with Crippen LogP contribution in [-0.2, 0) is 4.79 Å². The largest absolute Gasteiger partial charge is 0.496 e. The van der Waals surface area contributed by atoms with Gasteiger partial charge in [0.2, 0.25) is 0 Å². The number of hydrogen-bond donors (Lipinski definition) is 3. The van der Waals surface area contributed by atoms with E-state index in [1.54, 1.807) is 31.4 Å². The number of benzene rings is 3. The molecule has 0 bridgehead atoms. The Labute approximate surface area is 204 Å². The summed E-state index contributed by atoms with van der Waals surface area (Å²) in [6, 6.07) is 22.2. The first-order valence-electron chi connectivity index (χ1n) is 9.49. The molecule has 0 aliphatic heterocycles. The van der Waals surface area contributed by atoms with Gasteiger partial charge in [0, 0.05) is 11.1 Å². The fourth-order valence-corrected chi connectivity index (χ4v) is 3.65. The van der Waals surface area contributed by atoms with E-state index in [0.717, 1.165) is 14.7 Å². The van der Waals surface area contributed by atoms with Gasteiger partial charge in [0.25, 0.3) is 11.8 Å². The van der Waals surface area contributed by atoms with Crippen molar-refractivity contribution in [1.82, 2.24) is 16.2 Å². The second-order valence-electron chi connectivity index (χ2n) is 6.46. The van der Waals surface area contributed by atoms with Gasteiger partial charge in [-0.2, -0.15) is 0 Å². The second kappa shape index (κ2) is 11.4. The van der Waals surface area contributed by atoms with E-state index in [9.17, 15) is 9.59 Å². The molecule has 3 aromatic rings. The molecule has 0 spiro atoms. The first kappa shape index (κ1) is 23.5. The lowest BCUT2D eigenvalue weighted by Crippen LogP contribution is -2.49. The maximum absolute atomic E-state index is 12.3. The quantitative estimate of drug-likeness (QED) is 0.242. The highest BCUT2D eigenvalue weighted by atomic mass is 127. The molecule has 0 fully saturated rings. The summed E-state index contributed by atoms with van der Waals surface area (Å²) in [6.07, 6.45) is 0. The van der Waals surface area contributed by atoms with Crippen LogP contribution >= 0.6 is 34.8 Å². The predicted octanol–water partition coefficient (Wildman–Crippen LogP) is 3.68. The van der Waals surface area contributed by atoms with Gasteiger partial charge < -0.3 is 9.47 Å². The van der Waals surface area contributed by atoms with E-state index in [2.05, 4.69) is 38.8 Å². The lowest BCUT2D eigenvalue weighted by molar-refractivity contribution is -0.123. The number of carbonyl (C=O) groups excluding carboxylic acids is 2. The third kappa shape index (κ3) is 6.41. The molecule has 0 heterocycles. The standard InChI is InChI=1S/C23H20IN3O4S/c1-30-20-12-11-16(13-18(20)24)22(29)25-23(32)27-26-21(28)14-31-19-10-6-5-9-17(19)15-7-3-2-4-8-15/h2-13H,14H2,1H3,(H,26,28)(H2,25,27,29,32). The van der Waals surface area contributed by atoms with Crippen LogP contribution in [0.2, 0.25) is 0 Å². The van der Waals surface area contributed by atoms with E-state index in [4.69, 9.17) is 21.7 Å². The van der Waals surface area contributed by atoms with Gasteiger partial charge in [-0.3, -0.25) is 25.8 Å². The van der Waals surface area contributed by atoms with Gasteiger partial charge >= 0.3 is 0 Å². The number of halogens is 1. The third-order valence-electron chi connectivity index (χ3n) is 4.29. The molecule has 3 N–H and O–H groups in total. The Kier molecular flexibility index (Phi) is 8.40. The molecule has 0 unspecified atom stereocenters. The van der Waals surface area contributed by atoms with Crippen molar-refractivity contribution in [3.63, 3.8) is 0 Å². The Bertz CT molecular complexity index is 1130. The summed E-state index contributed by atoms with van der Waals surface area (Å²) >= 11 is 7.14. The van der Waals surface area contributed by atoms with Crippen molar-refractivity contribution >= 4 is 51.7 Å². The van der Waals surface area contributed by atoms with Gasteiger partial charge in [-0.1, -0.05) is 48.5 Å². The minimum absolute atomic E-state index is 0.0427. The third-order valence-corrected chi connectivity index (χ3v) is 5.33. The molecule has 3 aromatic carbocycles. The second-order valence-corrected chi connectivity index (χ2v) is 8.03. The Morgan fingerprint density at radius 2 is 1.66 bits per heavy atom. The van der Waals surface area contributed by atoms with Crippen LogP contribution in [0, 0.1) is 3.57 Å². The molecule has 0 aliphatic carbocycles. The number of carbonyl (C=O) groups is 2. The number of methoxy groups -OCH3 is 1. The average Bonchev–Trinajstić information content (AvgIpc) is 2.82. The van der Waals surface area contributed by atoms with Gasteiger partial charge in [-0.25, -0.2) is 0 Å². The van der Waals surface area contributed by atoms with E-state index in [1.807, 2.05) is 48.5 Å². The summed E-state index contributed by atoms with van der Waals surface area (Å²) in [6.45, 7) is -0.232. The van der Waals surface area contributed by atoms with E-state index < -0.39 is 11.8 Å². The maximum atomic E-state index is 12.3. The van der Waals surface area contributed by atoms with Crippen LogP contribution in [0.1, 0.15) is 10.4 Å². The zero-order valence-corrected chi connectivity index (χ0v) is 20.0. The molecule has 2 amide bonds. The summed E-state index contributed by atoms with van der Waals surface area (Å²) < 4.78 is 11.6. The van der Waals surface area contributed by atoms with Gasteiger partial charge in [0.1, 0.15) is 11.5 Å². The normalized spacial score (nSPS) is 10.1. The summed E-state index contributed by atoms with van der Waals surface area (Å²) in [7, 11) is 1.56. The number of thiocarbonyl (C=S) groups is 1. The van der Waals surface area contributed by atoms with E-state index in [0.29, 0.717) is 17.1 Å². The minimum atomic E-state index is -0.455. The van der Waals surface area contributed by atoms with Crippen LogP contribution in [0.25, 0.3) is 11.1 Å². The van der Waals surface area contributed by atoms with Crippen molar-refractivity contribution in [2.45, 2.75) is 0 Å². The zero-order valence-electron chi connectivity index (χ0n) is 17.1. The van der Waals surface area contributed by atoms with Gasteiger partial charge in [0.05, 0.1) is 10.7 Å². The van der Waals surface area contributed by atoms with Crippen LogP contribution in [0.3, 0.4) is 0 Å². The highest BCUT2D eigenvalue weighted by Gasteiger charge is 2.12. The molecule has 0 radical (unpaired) electrons. The molecule has 7 nitrogen and oxygen atoms in total. The lowest BCUT2D eigenvalue weighted by Gasteiger charge is -2.13. The molecule has 164 valence electrons. The van der Waals surface area contributed by atoms with Crippen molar-refractivity contribution in [2.24, 2.45) is 0 Å². The smallest absolute Gasteiger partial charge is 0.276 e. The summed E-state index contributed by atoms with van der Waals surface area (Å²) in [4.78, 5) is 24.5.